The van der Waals surface area contributed by atoms with E-state index in [9.17, 15) is 0 Å². The summed E-state index contributed by atoms with van der Waals surface area (Å²) in [4.78, 5) is 0. The van der Waals surface area contributed by atoms with Crippen LogP contribution in [0, 0.1) is 17.8 Å². The minimum atomic E-state index is 0.000238. The summed E-state index contributed by atoms with van der Waals surface area (Å²) < 4.78 is 6.30. The number of rotatable bonds is 3. The first kappa shape index (κ1) is 15.3. The standard InChI is InChI=1S/C17H33NO/c1-12-7-9-13(10-8-12)15(18-6)14-11-16(2,3)19-17(14,4)5/h12-15,18H,7-11H2,1-6H3. The first-order valence-electron chi connectivity index (χ1n) is 8.12. The highest BCUT2D eigenvalue weighted by Gasteiger charge is 2.50. The van der Waals surface area contributed by atoms with E-state index >= 15 is 0 Å². The smallest absolute Gasteiger partial charge is 0.0677 e. The summed E-state index contributed by atoms with van der Waals surface area (Å²) in [6, 6.07) is 0.615. The normalized spacial score (nSPS) is 39.2. The Labute approximate surface area is 119 Å². The molecule has 1 N–H and O–H groups in total. The number of nitrogens with one attached hydrogen (secondary N) is 1. The maximum Gasteiger partial charge on any atom is 0.0677 e. The SMILES string of the molecule is CNC(C1CCC(C)CC1)C1CC(C)(C)OC1(C)C. The second kappa shape index (κ2) is 5.37. The van der Waals surface area contributed by atoms with Crippen molar-refractivity contribution in [1.82, 2.24) is 5.32 Å². The fraction of sp³-hybridized carbons (Fsp3) is 1.00. The first-order chi connectivity index (χ1) is 8.75. The molecular weight excluding hydrogens is 234 g/mol. The second-order valence-electron chi connectivity index (χ2n) is 8.11. The second-order valence-corrected chi connectivity index (χ2v) is 8.11. The van der Waals surface area contributed by atoms with Gasteiger partial charge < -0.3 is 10.1 Å². The Morgan fingerprint density at radius 2 is 1.63 bits per heavy atom. The van der Waals surface area contributed by atoms with Crippen LogP contribution in [0.3, 0.4) is 0 Å². The minimum absolute atomic E-state index is 0.000238. The Morgan fingerprint density at radius 1 is 1.05 bits per heavy atom. The lowest BCUT2D eigenvalue weighted by atomic mass is 9.71. The molecule has 0 amide bonds. The average molecular weight is 267 g/mol. The minimum Gasteiger partial charge on any atom is -0.369 e. The lowest BCUT2D eigenvalue weighted by Crippen LogP contribution is -2.48. The van der Waals surface area contributed by atoms with Crippen molar-refractivity contribution in [3.8, 4) is 0 Å². The Kier molecular flexibility index (Phi) is 4.32. The van der Waals surface area contributed by atoms with Crippen LogP contribution in [0.4, 0.5) is 0 Å². The van der Waals surface area contributed by atoms with Crippen LogP contribution in [-0.2, 0) is 4.74 Å². The molecule has 0 aromatic carbocycles. The zero-order valence-corrected chi connectivity index (χ0v) is 13.8. The van der Waals surface area contributed by atoms with Crippen LogP contribution in [-0.4, -0.2) is 24.3 Å². The van der Waals surface area contributed by atoms with Crippen LogP contribution in [0.1, 0.15) is 66.7 Å². The van der Waals surface area contributed by atoms with E-state index in [1.807, 2.05) is 0 Å². The third kappa shape index (κ3) is 3.33. The quantitative estimate of drug-likeness (QED) is 0.834. The van der Waals surface area contributed by atoms with Gasteiger partial charge >= 0.3 is 0 Å². The Morgan fingerprint density at radius 3 is 2.05 bits per heavy atom. The van der Waals surface area contributed by atoms with Gasteiger partial charge in [-0.25, -0.2) is 0 Å². The molecule has 2 heteroatoms. The van der Waals surface area contributed by atoms with E-state index in [0.717, 1.165) is 11.8 Å². The molecular formula is C17H33NO. The predicted molar refractivity (Wildman–Crippen MR) is 81.3 cm³/mol. The molecule has 2 atom stereocenters. The van der Waals surface area contributed by atoms with Crippen molar-refractivity contribution >= 4 is 0 Å². The highest BCUT2D eigenvalue weighted by Crippen LogP contribution is 2.46. The number of ether oxygens (including phenoxy) is 1. The van der Waals surface area contributed by atoms with Crippen LogP contribution < -0.4 is 5.32 Å². The monoisotopic (exact) mass is 267 g/mol. The van der Waals surface area contributed by atoms with Crippen molar-refractivity contribution in [2.45, 2.75) is 84.0 Å². The van der Waals surface area contributed by atoms with Crippen LogP contribution in [0.15, 0.2) is 0 Å². The molecule has 2 aliphatic rings. The van der Waals surface area contributed by atoms with Gasteiger partial charge in [0.05, 0.1) is 11.2 Å². The first-order valence-corrected chi connectivity index (χ1v) is 8.12. The molecule has 2 nitrogen and oxygen atoms in total. The summed E-state index contributed by atoms with van der Waals surface area (Å²) >= 11 is 0. The van der Waals surface area contributed by atoms with Crippen molar-refractivity contribution in [2.24, 2.45) is 17.8 Å². The van der Waals surface area contributed by atoms with E-state index in [1.165, 1.54) is 32.1 Å². The van der Waals surface area contributed by atoms with Crippen LogP contribution >= 0.6 is 0 Å². The van der Waals surface area contributed by atoms with Crippen molar-refractivity contribution < 1.29 is 4.74 Å². The topological polar surface area (TPSA) is 21.3 Å². The number of hydrogen-bond acceptors (Lipinski definition) is 2. The lowest BCUT2D eigenvalue weighted by molar-refractivity contribution is -0.0800. The zero-order valence-electron chi connectivity index (χ0n) is 13.8. The molecule has 112 valence electrons. The van der Waals surface area contributed by atoms with Crippen LogP contribution in [0.25, 0.3) is 0 Å². The average Bonchev–Trinajstić information content (AvgIpc) is 2.51. The summed E-state index contributed by atoms with van der Waals surface area (Å²) in [6.07, 6.45) is 6.76. The van der Waals surface area contributed by atoms with Gasteiger partial charge in [-0.05, 0) is 65.8 Å². The molecule has 1 heterocycles. The third-order valence-corrected chi connectivity index (χ3v) is 5.48. The van der Waals surface area contributed by atoms with Gasteiger partial charge in [0.15, 0.2) is 0 Å². The summed E-state index contributed by atoms with van der Waals surface area (Å²) in [5.41, 5.74) is 0.0332. The molecule has 0 radical (unpaired) electrons. The van der Waals surface area contributed by atoms with E-state index in [4.69, 9.17) is 4.74 Å². The van der Waals surface area contributed by atoms with Gasteiger partial charge in [0.2, 0.25) is 0 Å². The Hall–Kier alpha value is -0.0800. The van der Waals surface area contributed by atoms with Crippen molar-refractivity contribution in [3.05, 3.63) is 0 Å². The molecule has 1 saturated heterocycles. The predicted octanol–water partition coefficient (Wildman–Crippen LogP) is 3.99. The molecule has 1 saturated carbocycles. The van der Waals surface area contributed by atoms with Crippen LogP contribution in [0.2, 0.25) is 0 Å². The lowest BCUT2D eigenvalue weighted by Gasteiger charge is -2.40. The summed E-state index contributed by atoms with van der Waals surface area (Å²) in [5, 5.41) is 3.64. The van der Waals surface area contributed by atoms with Gasteiger partial charge in [-0.3, -0.25) is 0 Å². The Bertz CT molecular complexity index is 302. The van der Waals surface area contributed by atoms with Gasteiger partial charge in [0.1, 0.15) is 0 Å². The van der Waals surface area contributed by atoms with Gasteiger partial charge in [-0.15, -0.1) is 0 Å². The largest absolute Gasteiger partial charge is 0.369 e. The molecule has 0 aromatic rings. The summed E-state index contributed by atoms with van der Waals surface area (Å²) in [5.74, 6) is 2.40. The third-order valence-electron chi connectivity index (χ3n) is 5.48. The van der Waals surface area contributed by atoms with E-state index in [0.29, 0.717) is 12.0 Å². The van der Waals surface area contributed by atoms with Gasteiger partial charge in [0, 0.05) is 12.0 Å². The highest BCUT2D eigenvalue weighted by molar-refractivity contribution is 5.01. The molecule has 0 aromatic heterocycles. The van der Waals surface area contributed by atoms with E-state index < -0.39 is 0 Å². The van der Waals surface area contributed by atoms with E-state index in [-0.39, 0.29) is 11.2 Å². The molecule has 2 fully saturated rings. The van der Waals surface area contributed by atoms with Gasteiger partial charge in [-0.2, -0.15) is 0 Å². The maximum atomic E-state index is 6.30. The summed E-state index contributed by atoms with van der Waals surface area (Å²) in [6.45, 7) is 11.4. The van der Waals surface area contributed by atoms with Crippen molar-refractivity contribution in [3.63, 3.8) is 0 Å². The molecule has 1 aliphatic carbocycles. The molecule has 2 unspecified atom stereocenters. The van der Waals surface area contributed by atoms with Gasteiger partial charge in [-0.1, -0.05) is 19.8 Å². The zero-order chi connectivity index (χ0) is 14.3. The molecule has 0 spiro atoms. The molecule has 2 rings (SSSR count). The van der Waals surface area contributed by atoms with Crippen LogP contribution in [0.5, 0.6) is 0 Å². The number of hydrogen-bond donors (Lipinski definition) is 1. The Balaban J connectivity index is 2.09. The molecule has 1 aliphatic heterocycles. The molecule has 0 bridgehead atoms. The van der Waals surface area contributed by atoms with E-state index in [1.54, 1.807) is 0 Å². The van der Waals surface area contributed by atoms with Crippen molar-refractivity contribution in [2.75, 3.05) is 7.05 Å². The fourth-order valence-corrected chi connectivity index (χ4v) is 4.57. The van der Waals surface area contributed by atoms with E-state index in [2.05, 4.69) is 47.0 Å². The summed E-state index contributed by atoms with van der Waals surface area (Å²) in [7, 11) is 2.14. The maximum absolute atomic E-state index is 6.30. The van der Waals surface area contributed by atoms with Gasteiger partial charge in [0.25, 0.3) is 0 Å². The highest BCUT2D eigenvalue weighted by atomic mass is 16.5. The molecule has 19 heavy (non-hydrogen) atoms. The van der Waals surface area contributed by atoms with Crippen molar-refractivity contribution in [1.29, 1.82) is 0 Å². The fourth-order valence-electron chi connectivity index (χ4n) is 4.57.